The lowest BCUT2D eigenvalue weighted by Gasteiger charge is -2.30. The number of benzene rings is 1. The van der Waals surface area contributed by atoms with Crippen LogP contribution in [-0.2, 0) is 6.18 Å². The van der Waals surface area contributed by atoms with Gasteiger partial charge in [-0.05, 0) is 64.4 Å². The normalized spacial score (nSPS) is 17.7. The molecular weight excluding hydrogens is 628 g/mol. The number of aromatic nitrogens is 4. The van der Waals surface area contributed by atoms with Gasteiger partial charge >= 0.3 is 12.2 Å². The van der Waals surface area contributed by atoms with Gasteiger partial charge in [0, 0.05) is 17.8 Å². The van der Waals surface area contributed by atoms with Crippen LogP contribution < -0.4 is 25.8 Å². The van der Waals surface area contributed by atoms with Gasteiger partial charge in [0.25, 0.3) is 0 Å². The molecule has 2 aliphatic heterocycles. The van der Waals surface area contributed by atoms with Gasteiger partial charge in [0.05, 0.1) is 46.4 Å². The first-order valence-corrected chi connectivity index (χ1v) is 15.2. The van der Waals surface area contributed by atoms with Crippen molar-refractivity contribution >= 4 is 40.0 Å². The van der Waals surface area contributed by atoms with E-state index in [9.17, 15) is 13.2 Å². The van der Waals surface area contributed by atoms with Gasteiger partial charge in [-0.3, -0.25) is 0 Å². The van der Waals surface area contributed by atoms with Crippen LogP contribution in [0.5, 0.6) is 11.8 Å². The third-order valence-electron chi connectivity index (χ3n) is 8.69. The van der Waals surface area contributed by atoms with E-state index in [-0.39, 0.29) is 59.6 Å². The molecule has 5 heterocycles. The number of ether oxygens (including phenoxy) is 2. The number of hydrogen-bond donors (Lipinski definition) is 2. The molecule has 2 atom stereocenters. The van der Waals surface area contributed by atoms with Crippen molar-refractivity contribution in [1.29, 1.82) is 0 Å². The Bertz CT molecular complexity index is 1810. The Balaban J connectivity index is 1.57. The number of nitrogen functional groups attached to an aromatic ring is 2. The Morgan fingerprint density at radius 1 is 1.20 bits per heavy atom. The van der Waals surface area contributed by atoms with E-state index in [2.05, 4.69) is 19.9 Å². The lowest BCUT2D eigenvalue weighted by atomic mass is 9.98. The highest BCUT2D eigenvalue weighted by atomic mass is 35.5. The van der Waals surface area contributed by atoms with Crippen LogP contribution in [0, 0.1) is 12.7 Å². The van der Waals surface area contributed by atoms with Crippen molar-refractivity contribution in [2.24, 2.45) is 0 Å². The molecule has 0 saturated carbocycles. The van der Waals surface area contributed by atoms with Crippen molar-refractivity contribution in [2.45, 2.75) is 51.4 Å². The number of nitrogens with two attached hydrogens (primary N) is 2. The number of nitrogens with zero attached hydrogens (tertiary/aromatic N) is 6. The molecule has 2 aliphatic rings. The highest BCUT2D eigenvalue weighted by Gasteiger charge is 2.40. The average Bonchev–Trinajstić information content (AvgIpc) is 3.29. The Labute approximate surface area is 267 Å². The maximum atomic E-state index is 16.8. The van der Waals surface area contributed by atoms with Crippen LogP contribution in [-0.4, -0.2) is 64.2 Å². The van der Waals surface area contributed by atoms with Gasteiger partial charge in [0.15, 0.2) is 11.6 Å². The van der Waals surface area contributed by atoms with Crippen LogP contribution in [0.3, 0.4) is 0 Å². The highest BCUT2D eigenvalue weighted by Crippen LogP contribution is 2.50. The fourth-order valence-electron chi connectivity index (χ4n) is 6.40. The third-order valence-corrected chi connectivity index (χ3v) is 9.05. The zero-order chi connectivity index (χ0) is 32.9. The zero-order valence-corrected chi connectivity index (χ0v) is 26.2. The van der Waals surface area contributed by atoms with Gasteiger partial charge < -0.3 is 30.7 Å². The number of rotatable bonds is 7. The van der Waals surface area contributed by atoms with Crippen molar-refractivity contribution < 1.29 is 27.0 Å². The molecule has 1 aromatic carbocycles. The summed E-state index contributed by atoms with van der Waals surface area (Å²) in [5, 5.41) is -0.332. The first-order valence-electron chi connectivity index (χ1n) is 14.9. The summed E-state index contributed by atoms with van der Waals surface area (Å²) in [5.74, 6) is -0.937. The molecule has 0 amide bonds. The molecule has 0 bridgehead atoms. The lowest BCUT2D eigenvalue weighted by molar-refractivity contribution is -0.137. The van der Waals surface area contributed by atoms with Gasteiger partial charge in [-0.25, -0.2) is 14.4 Å². The number of likely N-dealkylation sites (tertiary alicyclic amines) is 1. The topological polar surface area (TPSA) is 129 Å². The van der Waals surface area contributed by atoms with Crippen molar-refractivity contribution in [2.75, 3.05) is 49.7 Å². The minimum Gasteiger partial charge on any atom is -0.489 e. The molecular formula is C31H33ClF4N8O2. The van der Waals surface area contributed by atoms with Crippen LogP contribution in [0.15, 0.2) is 24.4 Å². The van der Waals surface area contributed by atoms with Gasteiger partial charge in [-0.2, -0.15) is 23.1 Å². The Morgan fingerprint density at radius 3 is 2.67 bits per heavy atom. The molecule has 6 rings (SSSR count). The van der Waals surface area contributed by atoms with Gasteiger partial charge in [0.1, 0.15) is 29.6 Å². The SMILES string of the molecule is Cc1cc(N)nc(-c2c(Cl)c3c4c(nc(OCCC5CCCN5C)nc4c2F)N([C@H](C)c2cccnc2N)CCO3)c1C(F)(F)F. The van der Waals surface area contributed by atoms with E-state index in [4.69, 9.17) is 37.5 Å². The molecule has 0 radical (unpaired) electrons. The van der Waals surface area contributed by atoms with Gasteiger partial charge in [-0.1, -0.05) is 17.7 Å². The number of anilines is 3. The Kier molecular flexibility index (Phi) is 8.44. The standard InChI is InChI=1S/C31H33ClF4N8O2/c1-15-14-19(37)40-25(22(15)31(34,35)36)20-23(32)27-21-26(24(20)33)41-30(46-12-8-17-6-5-10-43(17)3)42-29(21)44(11-13-45-27)16(2)18-7-4-9-39-28(18)38/h4,7,9,14,16-17H,5-6,8,10-13H2,1-3H3,(H2,37,40)(H2,38,39)/t16-,17?/m1/s1. The molecule has 4 aromatic rings. The maximum absolute atomic E-state index is 16.8. The summed E-state index contributed by atoms with van der Waals surface area (Å²) in [5.41, 5.74) is 9.62. The van der Waals surface area contributed by atoms with Crippen molar-refractivity contribution in [3.05, 3.63) is 51.9 Å². The molecule has 10 nitrogen and oxygen atoms in total. The Hall–Kier alpha value is -4.17. The maximum Gasteiger partial charge on any atom is 0.418 e. The molecule has 0 spiro atoms. The number of alkyl halides is 3. The van der Waals surface area contributed by atoms with E-state index in [0.29, 0.717) is 23.8 Å². The van der Waals surface area contributed by atoms with Crippen LogP contribution in [0.4, 0.5) is 35.0 Å². The van der Waals surface area contributed by atoms with E-state index in [1.807, 2.05) is 24.9 Å². The van der Waals surface area contributed by atoms with E-state index in [1.165, 1.54) is 6.92 Å². The quantitative estimate of drug-likeness (QED) is 0.221. The Morgan fingerprint density at radius 2 is 1.98 bits per heavy atom. The largest absolute Gasteiger partial charge is 0.489 e. The molecule has 4 N–H and O–H groups in total. The number of hydrogen-bond acceptors (Lipinski definition) is 10. The summed E-state index contributed by atoms with van der Waals surface area (Å²) >= 11 is 6.76. The second-order valence-electron chi connectivity index (χ2n) is 11.6. The van der Waals surface area contributed by atoms with E-state index in [1.54, 1.807) is 12.3 Å². The van der Waals surface area contributed by atoms with E-state index >= 15 is 4.39 Å². The predicted octanol–water partition coefficient (Wildman–Crippen LogP) is 6.19. The summed E-state index contributed by atoms with van der Waals surface area (Å²) in [6.45, 7) is 4.59. The van der Waals surface area contributed by atoms with Crippen LogP contribution in [0.1, 0.15) is 48.9 Å². The van der Waals surface area contributed by atoms with E-state index < -0.39 is 39.9 Å². The molecule has 3 aromatic heterocycles. The summed E-state index contributed by atoms with van der Waals surface area (Å²) < 4.78 is 72.0. The van der Waals surface area contributed by atoms with Gasteiger partial charge in [0.2, 0.25) is 0 Å². The number of halogens is 5. The highest BCUT2D eigenvalue weighted by molar-refractivity contribution is 6.36. The fraction of sp³-hybridized carbons (Fsp3) is 0.419. The first-order chi connectivity index (χ1) is 21.9. The summed E-state index contributed by atoms with van der Waals surface area (Å²) in [6.07, 6.45) is -0.539. The monoisotopic (exact) mass is 660 g/mol. The molecule has 1 fully saturated rings. The van der Waals surface area contributed by atoms with Crippen LogP contribution in [0.25, 0.3) is 22.2 Å². The smallest absolute Gasteiger partial charge is 0.418 e. The minimum absolute atomic E-state index is 0.0283. The third kappa shape index (κ3) is 5.68. The summed E-state index contributed by atoms with van der Waals surface area (Å²) in [4.78, 5) is 21.3. The lowest BCUT2D eigenvalue weighted by Crippen LogP contribution is -2.31. The second-order valence-corrected chi connectivity index (χ2v) is 12.0. The van der Waals surface area contributed by atoms with Crippen molar-refractivity contribution in [3.8, 4) is 23.0 Å². The second kappa shape index (κ2) is 12.2. The molecule has 15 heteroatoms. The molecule has 46 heavy (non-hydrogen) atoms. The van der Waals surface area contributed by atoms with E-state index in [0.717, 1.165) is 25.5 Å². The van der Waals surface area contributed by atoms with Crippen molar-refractivity contribution in [1.82, 2.24) is 24.8 Å². The summed E-state index contributed by atoms with van der Waals surface area (Å²) in [7, 11) is 2.05. The molecule has 1 unspecified atom stereocenters. The summed E-state index contributed by atoms with van der Waals surface area (Å²) in [6, 6.07) is 4.37. The van der Waals surface area contributed by atoms with Gasteiger partial charge in [-0.15, -0.1) is 0 Å². The molecule has 0 aliphatic carbocycles. The predicted molar refractivity (Wildman–Crippen MR) is 168 cm³/mol. The first kappa shape index (κ1) is 31.8. The fourth-order valence-corrected chi connectivity index (χ4v) is 6.72. The molecule has 244 valence electrons. The average molecular weight is 661 g/mol. The molecule has 1 saturated heterocycles. The minimum atomic E-state index is -4.89. The zero-order valence-electron chi connectivity index (χ0n) is 25.5. The number of pyridine rings is 2. The van der Waals surface area contributed by atoms with Crippen LogP contribution in [0.2, 0.25) is 5.02 Å². The number of aryl methyl sites for hydroxylation is 1. The van der Waals surface area contributed by atoms with Crippen molar-refractivity contribution in [3.63, 3.8) is 0 Å². The van der Waals surface area contributed by atoms with Crippen LogP contribution >= 0.6 is 11.6 Å².